The minimum absolute atomic E-state index is 0.366. The van der Waals surface area contributed by atoms with Gasteiger partial charge in [0.1, 0.15) is 5.67 Å². The first-order chi connectivity index (χ1) is 4.54. The maximum Gasteiger partial charge on any atom is 0.150 e. The van der Waals surface area contributed by atoms with Crippen molar-refractivity contribution in [2.45, 2.75) is 25.1 Å². The molecular formula is C7H14FNO. The highest BCUT2D eigenvalue weighted by molar-refractivity contribution is 4.93. The summed E-state index contributed by atoms with van der Waals surface area (Å²) in [5.41, 5.74) is -1.35. The summed E-state index contributed by atoms with van der Waals surface area (Å²) in [6.07, 6.45) is -0.376. The predicted octanol–water partition coefficient (Wildman–Crippen LogP) is 0.411. The van der Waals surface area contributed by atoms with Crippen LogP contribution in [0.25, 0.3) is 0 Å². The lowest BCUT2D eigenvalue weighted by molar-refractivity contribution is 0.0117. The molecule has 1 saturated heterocycles. The van der Waals surface area contributed by atoms with E-state index in [-0.39, 0.29) is 0 Å². The van der Waals surface area contributed by atoms with Gasteiger partial charge in [0.25, 0.3) is 0 Å². The van der Waals surface area contributed by atoms with Gasteiger partial charge >= 0.3 is 0 Å². The van der Waals surface area contributed by atoms with Crippen LogP contribution < -0.4 is 0 Å². The van der Waals surface area contributed by atoms with Gasteiger partial charge in [0, 0.05) is 13.1 Å². The van der Waals surface area contributed by atoms with Crippen molar-refractivity contribution in [3.63, 3.8) is 0 Å². The SMILES string of the molecule is CC(O)[C@@]1(F)CCN(C)C1. The summed E-state index contributed by atoms with van der Waals surface area (Å²) in [5.74, 6) is 0. The molecule has 1 fully saturated rings. The number of hydrogen-bond donors (Lipinski definition) is 1. The third-order valence-electron chi connectivity index (χ3n) is 2.19. The molecule has 0 aromatic heterocycles. The third kappa shape index (κ3) is 1.30. The van der Waals surface area contributed by atoms with Gasteiger partial charge in [0.2, 0.25) is 0 Å². The van der Waals surface area contributed by atoms with Gasteiger partial charge in [0.05, 0.1) is 6.10 Å². The molecule has 60 valence electrons. The van der Waals surface area contributed by atoms with E-state index in [1.54, 1.807) is 0 Å². The van der Waals surface area contributed by atoms with E-state index in [4.69, 9.17) is 5.11 Å². The fourth-order valence-electron chi connectivity index (χ4n) is 1.32. The highest BCUT2D eigenvalue weighted by atomic mass is 19.1. The molecule has 2 atom stereocenters. The van der Waals surface area contributed by atoms with Crippen LogP contribution in [0.2, 0.25) is 0 Å². The zero-order valence-electron chi connectivity index (χ0n) is 6.47. The van der Waals surface area contributed by atoms with Gasteiger partial charge in [-0.25, -0.2) is 4.39 Å². The molecule has 0 bridgehead atoms. The minimum atomic E-state index is -1.35. The van der Waals surface area contributed by atoms with Crippen molar-refractivity contribution in [2.24, 2.45) is 0 Å². The lowest BCUT2D eigenvalue weighted by atomic mass is 10.00. The lowest BCUT2D eigenvalue weighted by Gasteiger charge is -2.22. The average molecular weight is 147 g/mol. The second kappa shape index (κ2) is 2.47. The van der Waals surface area contributed by atoms with Gasteiger partial charge in [-0.1, -0.05) is 0 Å². The van der Waals surface area contributed by atoms with E-state index in [2.05, 4.69) is 0 Å². The monoisotopic (exact) mass is 147 g/mol. The first-order valence-corrected chi connectivity index (χ1v) is 3.60. The zero-order valence-corrected chi connectivity index (χ0v) is 6.47. The number of rotatable bonds is 1. The van der Waals surface area contributed by atoms with E-state index in [0.29, 0.717) is 13.0 Å². The van der Waals surface area contributed by atoms with Crippen molar-refractivity contribution in [3.8, 4) is 0 Å². The Labute approximate surface area is 60.6 Å². The number of halogens is 1. The Morgan fingerprint density at radius 1 is 1.70 bits per heavy atom. The van der Waals surface area contributed by atoms with Crippen molar-refractivity contribution >= 4 is 0 Å². The van der Waals surface area contributed by atoms with Crippen LogP contribution in [0.5, 0.6) is 0 Å². The number of alkyl halides is 1. The van der Waals surface area contributed by atoms with Gasteiger partial charge in [-0.3, -0.25) is 0 Å². The van der Waals surface area contributed by atoms with E-state index in [1.807, 2.05) is 11.9 Å². The highest BCUT2D eigenvalue weighted by Gasteiger charge is 2.40. The molecular weight excluding hydrogens is 133 g/mol. The maximum absolute atomic E-state index is 13.4. The number of hydrogen-bond acceptors (Lipinski definition) is 2. The van der Waals surface area contributed by atoms with E-state index >= 15 is 0 Å². The number of likely N-dealkylation sites (tertiary alicyclic amines) is 1. The van der Waals surface area contributed by atoms with Gasteiger partial charge in [-0.05, 0) is 20.4 Å². The molecule has 1 aliphatic rings. The molecule has 1 heterocycles. The van der Waals surface area contributed by atoms with Crippen molar-refractivity contribution in [3.05, 3.63) is 0 Å². The molecule has 0 aromatic rings. The quantitative estimate of drug-likeness (QED) is 0.580. The Hall–Kier alpha value is -0.150. The number of nitrogens with zero attached hydrogens (tertiary/aromatic N) is 1. The van der Waals surface area contributed by atoms with E-state index in [1.165, 1.54) is 6.92 Å². The molecule has 3 heteroatoms. The Balaban J connectivity index is 2.54. The molecule has 1 aliphatic heterocycles. The van der Waals surface area contributed by atoms with Gasteiger partial charge in [-0.2, -0.15) is 0 Å². The molecule has 1 rings (SSSR count). The van der Waals surface area contributed by atoms with E-state index < -0.39 is 11.8 Å². The van der Waals surface area contributed by atoms with Crippen LogP contribution in [0, 0.1) is 0 Å². The van der Waals surface area contributed by atoms with Crippen LogP contribution in [-0.2, 0) is 0 Å². The fraction of sp³-hybridized carbons (Fsp3) is 1.00. The maximum atomic E-state index is 13.4. The topological polar surface area (TPSA) is 23.5 Å². The standard InChI is InChI=1S/C7H14FNO/c1-6(10)7(8)3-4-9(2)5-7/h6,10H,3-5H2,1-2H3/t6?,7-/m1/s1. The van der Waals surface area contributed by atoms with Crippen LogP contribution in [0.1, 0.15) is 13.3 Å². The smallest absolute Gasteiger partial charge is 0.150 e. The molecule has 0 radical (unpaired) electrons. The summed E-state index contributed by atoms with van der Waals surface area (Å²) in [5, 5.41) is 9.03. The second-order valence-electron chi connectivity index (χ2n) is 3.20. The summed E-state index contributed by atoms with van der Waals surface area (Å²) in [6.45, 7) is 2.63. The van der Waals surface area contributed by atoms with Crippen molar-refractivity contribution in [1.29, 1.82) is 0 Å². The Kier molecular flexibility index (Phi) is 1.97. The van der Waals surface area contributed by atoms with Crippen LogP contribution in [0.4, 0.5) is 4.39 Å². The second-order valence-corrected chi connectivity index (χ2v) is 3.20. The molecule has 0 aliphatic carbocycles. The van der Waals surface area contributed by atoms with E-state index in [9.17, 15) is 4.39 Å². The first kappa shape index (κ1) is 7.95. The van der Waals surface area contributed by atoms with Gasteiger partial charge in [-0.15, -0.1) is 0 Å². The van der Waals surface area contributed by atoms with Crippen LogP contribution >= 0.6 is 0 Å². The van der Waals surface area contributed by atoms with E-state index in [0.717, 1.165) is 6.54 Å². The van der Waals surface area contributed by atoms with Crippen molar-refractivity contribution in [1.82, 2.24) is 4.90 Å². The molecule has 1 unspecified atom stereocenters. The average Bonchev–Trinajstić information content (AvgIpc) is 2.13. The molecule has 0 amide bonds. The first-order valence-electron chi connectivity index (χ1n) is 3.60. The molecule has 1 N–H and O–H groups in total. The highest BCUT2D eigenvalue weighted by Crippen LogP contribution is 2.27. The summed E-state index contributed by atoms with van der Waals surface area (Å²) in [6, 6.07) is 0. The summed E-state index contributed by atoms with van der Waals surface area (Å²) >= 11 is 0. The van der Waals surface area contributed by atoms with Crippen LogP contribution in [-0.4, -0.2) is 41.9 Å². The Morgan fingerprint density at radius 3 is 2.50 bits per heavy atom. The third-order valence-corrected chi connectivity index (χ3v) is 2.19. The van der Waals surface area contributed by atoms with Crippen molar-refractivity contribution in [2.75, 3.05) is 20.1 Å². The van der Waals surface area contributed by atoms with Gasteiger partial charge in [0.15, 0.2) is 0 Å². The summed E-state index contributed by atoms with van der Waals surface area (Å²) in [4.78, 5) is 1.90. The molecule has 2 nitrogen and oxygen atoms in total. The van der Waals surface area contributed by atoms with Crippen molar-refractivity contribution < 1.29 is 9.50 Å². The molecule has 10 heavy (non-hydrogen) atoms. The van der Waals surface area contributed by atoms with Gasteiger partial charge < -0.3 is 10.0 Å². The molecule has 0 saturated carbocycles. The number of aliphatic hydroxyl groups is 1. The summed E-state index contributed by atoms with van der Waals surface area (Å²) in [7, 11) is 1.86. The predicted molar refractivity (Wildman–Crippen MR) is 37.6 cm³/mol. The Morgan fingerprint density at radius 2 is 2.30 bits per heavy atom. The lowest BCUT2D eigenvalue weighted by Crippen LogP contribution is -2.38. The van der Waals surface area contributed by atoms with Crippen LogP contribution in [0.3, 0.4) is 0 Å². The number of aliphatic hydroxyl groups excluding tert-OH is 1. The fourth-order valence-corrected chi connectivity index (χ4v) is 1.32. The van der Waals surface area contributed by atoms with Crippen LogP contribution in [0.15, 0.2) is 0 Å². The molecule has 0 spiro atoms. The minimum Gasteiger partial charge on any atom is -0.390 e. The molecule has 0 aromatic carbocycles. The zero-order chi connectivity index (χ0) is 7.78. The largest absolute Gasteiger partial charge is 0.390 e. The normalized spacial score (nSPS) is 38.4. The summed E-state index contributed by atoms with van der Waals surface area (Å²) < 4.78 is 13.4. The Bertz CT molecular complexity index is 129.